The van der Waals surface area contributed by atoms with Crippen LogP contribution in [-0.4, -0.2) is 31.4 Å². The van der Waals surface area contributed by atoms with E-state index in [0.29, 0.717) is 31.9 Å². The van der Waals surface area contributed by atoms with Crippen molar-refractivity contribution in [2.24, 2.45) is 4.99 Å². The normalized spacial score (nSPS) is 15.2. The van der Waals surface area contributed by atoms with Gasteiger partial charge in [-0.25, -0.2) is 9.79 Å². The Kier molecular flexibility index (Phi) is 8.15. The highest BCUT2D eigenvalue weighted by molar-refractivity contribution is 14.1. The van der Waals surface area contributed by atoms with Gasteiger partial charge in [-0.3, -0.25) is 9.36 Å². The van der Waals surface area contributed by atoms with Crippen molar-refractivity contribution in [1.29, 1.82) is 0 Å². The van der Waals surface area contributed by atoms with Crippen LogP contribution in [0.15, 0.2) is 69.6 Å². The molecule has 0 radical (unpaired) electrons. The molecule has 0 fully saturated rings. The summed E-state index contributed by atoms with van der Waals surface area (Å²) in [5.41, 5.74) is 2.17. The fraction of sp³-hybridized carbons (Fsp3) is 0.207. The number of rotatable bonds is 6. The first-order valence-corrected chi connectivity index (χ1v) is 15.0. The Balaban J connectivity index is 1.83. The van der Waals surface area contributed by atoms with E-state index >= 15 is 0 Å². The van der Waals surface area contributed by atoms with Crippen LogP contribution in [0.2, 0.25) is 0 Å². The van der Waals surface area contributed by atoms with Gasteiger partial charge in [0.1, 0.15) is 17.5 Å². The Morgan fingerprint density at radius 3 is 2.49 bits per heavy atom. The maximum absolute atomic E-state index is 14.1. The second-order valence-electron chi connectivity index (χ2n) is 8.72. The molecule has 10 heteroatoms. The summed E-state index contributed by atoms with van der Waals surface area (Å²) in [5.74, 6) is 0.865. The van der Waals surface area contributed by atoms with Gasteiger partial charge in [-0.05, 0) is 99.6 Å². The predicted molar refractivity (Wildman–Crippen MR) is 169 cm³/mol. The van der Waals surface area contributed by atoms with Crippen molar-refractivity contribution in [1.82, 2.24) is 4.57 Å². The number of allylic oxidation sites excluding steroid dienone is 1. The van der Waals surface area contributed by atoms with Gasteiger partial charge in [0, 0.05) is 5.56 Å². The highest BCUT2D eigenvalue weighted by Gasteiger charge is 2.36. The fourth-order valence-corrected chi connectivity index (χ4v) is 8.11. The van der Waals surface area contributed by atoms with Gasteiger partial charge in [-0.2, -0.15) is 0 Å². The quantitative estimate of drug-likeness (QED) is 0.200. The third-order valence-electron chi connectivity index (χ3n) is 6.46. The molecule has 0 N–H and O–H groups in total. The monoisotopic (exact) mass is 766 g/mol. The average Bonchev–Trinajstić information content (AvgIpc) is 3.21. The number of ether oxygens (including phenoxy) is 3. The number of hydrogen-bond acceptors (Lipinski definition) is 7. The molecule has 1 aliphatic heterocycles. The minimum atomic E-state index is -0.778. The van der Waals surface area contributed by atoms with Crippen molar-refractivity contribution < 1.29 is 19.0 Å². The largest absolute Gasteiger partial charge is 0.496 e. The van der Waals surface area contributed by atoms with Crippen LogP contribution >= 0.6 is 56.5 Å². The summed E-state index contributed by atoms with van der Waals surface area (Å²) in [6, 6.07) is 14.9. The van der Waals surface area contributed by atoms with Gasteiger partial charge in [0.25, 0.3) is 5.56 Å². The summed E-state index contributed by atoms with van der Waals surface area (Å²) in [6.45, 7) is 3.74. The summed E-state index contributed by atoms with van der Waals surface area (Å²) in [4.78, 5) is 32.7. The molecule has 0 aliphatic carbocycles. The minimum Gasteiger partial charge on any atom is -0.496 e. The molecular formula is C29H24I2N2O5S. The molecule has 1 aliphatic rings. The molecule has 0 saturated carbocycles. The van der Waals surface area contributed by atoms with Gasteiger partial charge in [0.05, 0.1) is 43.8 Å². The topological polar surface area (TPSA) is 79.1 Å². The van der Waals surface area contributed by atoms with Crippen molar-refractivity contribution >= 4 is 79.3 Å². The Bertz CT molecular complexity index is 1820. The first-order chi connectivity index (χ1) is 18.8. The van der Waals surface area contributed by atoms with Crippen LogP contribution < -0.4 is 24.4 Å². The van der Waals surface area contributed by atoms with E-state index in [1.165, 1.54) is 11.3 Å². The molecule has 0 amide bonds. The number of aromatic nitrogens is 1. The molecule has 0 saturated heterocycles. The molecule has 1 aromatic heterocycles. The molecule has 39 heavy (non-hydrogen) atoms. The molecule has 4 aromatic rings. The summed E-state index contributed by atoms with van der Waals surface area (Å²) < 4.78 is 20.7. The molecule has 3 aromatic carbocycles. The third-order valence-corrected chi connectivity index (χ3v) is 9.05. The number of fused-ring (bicyclic) bond motifs is 2. The molecule has 2 heterocycles. The molecule has 5 rings (SSSR count). The fourth-order valence-electron chi connectivity index (χ4n) is 4.81. The third kappa shape index (κ3) is 5.02. The van der Waals surface area contributed by atoms with Crippen molar-refractivity contribution in [3.05, 3.63) is 97.8 Å². The summed E-state index contributed by atoms with van der Waals surface area (Å²) in [7, 11) is 3.23. The number of halogens is 2. The number of methoxy groups -OCH3 is 2. The SMILES string of the molecule is CCOC(=O)C1=C(C)N=c2s/c(=C\c3cc(I)c(OC)c(I)c3)c(=O)n2C1c1c(OC)ccc2ccccc12. The van der Waals surface area contributed by atoms with Crippen LogP contribution in [0.3, 0.4) is 0 Å². The molecule has 7 nitrogen and oxygen atoms in total. The molecule has 200 valence electrons. The van der Waals surface area contributed by atoms with Gasteiger partial charge in [-0.1, -0.05) is 41.7 Å². The van der Waals surface area contributed by atoms with Gasteiger partial charge in [0.2, 0.25) is 0 Å². The van der Waals surface area contributed by atoms with Crippen molar-refractivity contribution in [2.45, 2.75) is 19.9 Å². The highest BCUT2D eigenvalue weighted by atomic mass is 127. The van der Waals surface area contributed by atoms with Crippen LogP contribution in [0.1, 0.15) is 31.0 Å². The van der Waals surface area contributed by atoms with Gasteiger partial charge >= 0.3 is 5.97 Å². The Morgan fingerprint density at radius 1 is 1.10 bits per heavy atom. The Hall–Kier alpha value is -2.71. The first-order valence-electron chi connectivity index (χ1n) is 12.1. The van der Waals surface area contributed by atoms with E-state index in [1.54, 1.807) is 32.6 Å². The van der Waals surface area contributed by atoms with Gasteiger partial charge in [0.15, 0.2) is 4.80 Å². The van der Waals surface area contributed by atoms with E-state index < -0.39 is 12.0 Å². The lowest BCUT2D eigenvalue weighted by Crippen LogP contribution is -2.40. The van der Waals surface area contributed by atoms with E-state index in [0.717, 1.165) is 29.2 Å². The lowest BCUT2D eigenvalue weighted by atomic mass is 9.90. The van der Waals surface area contributed by atoms with Crippen LogP contribution in [0, 0.1) is 7.14 Å². The summed E-state index contributed by atoms with van der Waals surface area (Å²) in [5, 5.41) is 1.85. The van der Waals surface area contributed by atoms with E-state index in [2.05, 4.69) is 45.2 Å². The smallest absolute Gasteiger partial charge is 0.338 e. The van der Waals surface area contributed by atoms with E-state index in [4.69, 9.17) is 19.2 Å². The summed E-state index contributed by atoms with van der Waals surface area (Å²) in [6.07, 6.45) is 1.86. The number of carbonyl (C=O) groups is 1. The molecule has 1 atom stereocenters. The number of nitrogens with zero attached hydrogens (tertiary/aromatic N) is 2. The number of carbonyl (C=O) groups excluding carboxylic acids is 1. The zero-order chi connectivity index (χ0) is 27.8. The van der Waals surface area contributed by atoms with Crippen molar-refractivity contribution in [3.8, 4) is 11.5 Å². The Morgan fingerprint density at radius 2 is 1.82 bits per heavy atom. The highest BCUT2D eigenvalue weighted by Crippen LogP contribution is 2.40. The number of thiazole rings is 1. The maximum atomic E-state index is 14.1. The predicted octanol–water partition coefficient (Wildman–Crippen LogP) is 5.18. The number of benzene rings is 3. The minimum absolute atomic E-state index is 0.203. The second kappa shape index (κ2) is 11.4. The number of esters is 1. The van der Waals surface area contributed by atoms with Gasteiger partial charge < -0.3 is 14.2 Å². The summed E-state index contributed by atoms with van der Waals surface area (Å²) >= 11 is 5.74. The average molecular weight is 766 g/mol. The van der Waals surface area contributed by atoms with Crippen LogP contribution in [0.4, 0.5) is 0 Å². The standard InChI is InChI=1S/C29H24I2N2O5S/c1-5-38-28(35)23-15(2)32-29-33(25(23)24-18-9-7-6-8-17(18)10-11-21(24)36-3)27(34)22(39-29)14-16-12-19(30)26(37-4)20(31)13-16/h6-14,25H,5H2,1-4H3/b22-14-. The lowest BCUT2D eigenvalue weighted by molar-refractivity contribution is -0.139. The maximum Gasteiger partial charge on any atom is 0.338 e. The van der Waals surface area contributed by atoms with Crippen LogP contribution in [-0.2, 0) is 9.53 Å². The molecule has 1 unspecified atom stereocenters. The number of hydrogen-bond donors (Lipinski definition) is 0. The molecule has 0 bridgehead atoms. The van der Waals surface area contributed by atoms with Gasteiger partial charge in [-0.15, -0.1) is 0 Å². The van der Waals surface area contributed by atoms with E-state index in [-0.39, 0.29) is 12.2 Å². The molecule has 0 spiro atoms. The Labute approximate surface area is 256 Å². The van der Waals surface area contributed by atoms with Crippen LogP contribution in [0.25, 0.3) is 16.8 Å². The van der Waals surface area contributed by atoms with Crippen molar-refractivity contribution in [3.63, 3.8) is 0 Å². The first kappa shape index (κ1) is 27.8. The second-order valence-corrected chi connectivity index (χ2v) is 12.1. The van der Waals surface area contributed by atoms with E-state index in [9.17, 15) is 9.59 Å². The van der Waals surface area contributed by atoms with E-state index in [1.807, 2.05) is 54.6 Å². The molecular weight excluding hydrogens is 742 g/mol. The van der Waals surface area contributed by atoms with Crippen molar-refractivity contribution in [2.75, 3.05) is 20.8 Å². The zero-order valence-electron chi connectivity index (χ0n) is 21.6. The lowest BCUT2D eigenvalue weighted by Gasteiger charge is -2.27. The zero-order valence-corrected chi connectivity index (χ0v) is 26.7. The van der Waals surface area contributed by atoms with Crippen LogP contribution in [0.5, 0.6) is 11.5 Å².